The fraction of sp³-hybridized carbons (Fsp3) is 0.150. The van der Waals surface area contributed by atoms with Gasteiger partial charge in [-0.05, 0) is 23.8 Å². The molecule has 1 atom stereocenters. The number of rotatable bonds is 7. The van der Waals surface area contributed by atoms with Gasteiger partial charge in [0.2, 0.25) is 0 Å². The van der Waals surface area contributed by atoms with E-state index in [4.69, 9.17) is 23.2 Å². The van der Waals surface area contributed by atoms with Crippen LogP contribution in [0.4, 0.5) is 0 Å². The third-order valence-corrected chi connectivity index (χ3v) is 5.53. The molecule has 7 heteroatoms. The molecule has 3 rings (SSSR count). The monoisotopic (exact) mass is 419 g/mol. The first-order valence-corrected chi connectivity index (χ1v) is 9.77. The Bertz CT molecular complexity index is 987. The van der Waals surface area contributed by atoms with E-state index in [-0.39, 0.29) is 18.6 Å². The summed E-state index contributed by atoms with van der Waals surface area (Å²) in [5.41, 5.74) is 1.94. The van der Waals surface area contributed by atoms with Crippen molar-refractivity contribution in [2.45, 2.75) is 18.8 Å². The quantitative estimate of drug-likeness (QED) is 0.549. The van der Waals surface area contributed by atoms with Gasteiger partial charge >= 0.3 is 5.97 Å². The molecule has 1 heterocycles. The third-order valence-electron chi connectivity index (χ3n) is 4.01. The predicted octanol–water partition coefficient (Wildman–Crippen LogP) is 5.49. The van der Waals surface area contributed by atoms with Crippen LogP contribution in [-0.2, 0) is 16.0 Å². The van der Waals surface area contributed by atoms with E-state index in [0.29, 0.717) is 21.3 Å². The summed E-state index contributed by atoms with van der Waals surface area (Å²) in [6, 6.07) is 14.0. The molecule has 0 amide bonds. The van der Waals surface area contributed by atoms with Gasteiger partial charge in [0.1, 0.15) is 10.8 Å². The second-order valence-corrected chi connectivity index (χ2v) is 7.69. The van der Waals surface area contributed by atoms with E-state index in [1.165, 1.54) is 11.3 Å². The molecule has 0 saturated heterocycles. The molecule has 138 valence electrons. The minimum absolute atomic E-state index is 0.0747. The molecular weight excluding hydrogens is 405 g/mol. The van der Waals surface area contributed by atoms with E-state index in [0.717, 1.165) is 10.6 Å². The van der Waals surface area contributed by atoms with E-state index in [9.17, 15) is 14.7 Å². The summed E-state index contributed by atoms with van der Waals surface area (Å²) in [6.07, 6.45) is -0.0611. The van der Waals surface area contributed by atoms with Crippen molar-refractivity contribution in [1.29, 1.82) is 0 Å². The van der Waals surface area contributed by atoms with Gasteiger partial charge in [0.25, 0.3) is 0 Å². The summed E-state index contributed by atoms with van der Waals surface area (Å²) in [4.78, 5) is 28.5. The first-order chi connectivity index (χ1) is 12.9. The maximum absolute atomic E-state index is 12.4. The molecule has 0 spiro atoms. The number of Topliss-reactive ketones (excluding diaryl/α,β-unsaturated/α-hetero) is 1. The van der Waals surface area contributed by atoms with Gasteiger partial charge in [-0.3, -0.25) is 9.59 Å². The van der Waals surface area contributed by atoms with Crippen molar-refractivity contribution < 1.29 is 14.7 Å². The number of thiazole rings is 1. The molecule has 1 N–H and O–H groups in total. The van der Waals surface area contributed by atoms with Gasteiger partial charge in [-0.2, -0.15) is 0 Å². The number of aliphatic carboxylic acids is 1. The fourth-order valence-corrected chi connectivity index (χ4v) is 4.01. The molecule has 0 saturated carbocycles. The number of hydrogen-bond acceptors (Lipinski definition) is 4. The lowest BCUT2D eigenvalue weighted by Gasteiger charge is -2.13. The molecule has 0 aliphatic heterocycles. The average Bonchev–Trinajstić information content (AvgIpc) is 3.09. The van der Waals surface area contributed by atoms with Gasteiger partial charge in [0, 0.05) is 33.8 Å². The second-order valence-electron chi connectivity index (χ2n) is 5.99. The van der Waals surface area contributed by atoms with Gasteiger partial charge in [0.05, 0.1) is 11.6 Å². The number of carboxylic acids is 1. The molecule has 1 aromatic heterocycles. The number of ketones is 1. The highest BCUT2D eigenvalue weighted by Gasteiger charge is 2.25. The highest BCUT2D eigenvalue weighted by Crippen LogP contribution is 2.29. The number of hydrogen-bond donors (Lipinski definition) is 1. The first kappa shape index (κ1) is 19.5. The Hall–Kier alpha value is -2.21. The van der Waals surface area contributed by atoms with Crippen LogP contribution in [-0.4, -0.2) is 21.8 Å². The number of aromatic nitrogens is 1. The number of halogens is 2. The zero-order valence-corrected chi connectivity index (χ0v) is 16.4. The van der Waals surface area contributed by atoms with Crippen LogP contribution in [0.2, 0.25) is 10.0 Å². The van der Waals surface area contributed by atoms with Gasteiger partial charge in [0.15, 0.2) is 0 Å². The van der Waals surface area contributed by atoms with Crippen molar-refractivity contribution >= 4 is 46.3 Å². The minimum atomic E-state index is -1.07. The van der Waals surface area contributed by atoms with Crippen molar-refractivity contribution in [3.05, 3.63) is 75.2 Å². The molecule has 0 radical (unpaired) electrons. The lowest BCUT2D eigenvalue weighted by molar-refractivity contribution is -0.140. The Kier molecular flexibility index (Phi) is 6.26. The Morgan fingerprint density at radius 2 is 1.89 bits per heavy atom. The number of carbonyl (C=O) groups is 2. The number of carboxylic acid groups (broad SMARTS) is 1. The molecule has 0 bridgehead atoms. The van der Waals surface area contributed by atoms with Crippen molar-refractivity contribution in [3.63, 3.8) is 0 Å². The first-order valence-electron chi connectivity index (χ1n) is 8.13. The molecule has 0 aliphatic carbocycles. The lowest BCUT2D eigenvalue weighted by Crippen LogP contribution is -2.17. The number of benzene rings is 2. The summed E-state index contributed by atoms with van der Waals surface area (Å²) in [6.45, 7) is 0. The average molecular weight is 420 g/mol. The Morgan fingerprint density at radius 1 is 1.11 bits per heavy atom. The lowest BCUT2D eigenvalue weighted by atomic mass is 9.92. The normalized spacial score (nSPS) is 11.9. The Balaban J connectivity index is 1.72. The van der Waals surface area contributed by atoms with Crippen LogP contribution in [0.15, 0.2) is 53.9 Å². The van der Waals surface area contributed by atoms with E-state index in [2.05, 4.69) is 4.98 Å². The molecule has 27 heavy (non-hydrogen) atoms. The van der Waals surface area contributed by atoms with Crippen LogP contribution in [0, 0.1) is 0 Å². The zero-order chi connectivity index (χ0) is 19.4. The maximum Gasteiger partial charge on any atom is 0.311 e. The molecule has 1 unspecified atom stereocenters. The summed E-state index contributed by atoms with van der Waals surface area (Å²) < 4.78 is 0. The van der Waals surface area contributed by atoms with Crippen LogP contribution in [0.3, 0.4) is 0 Å². The fourth-order valence-electron chi connectivity index (χ4n) is 2.73. The van der Waals surface area contributed by atoms with Crippen LogP contribution >= 0.6 is 34.5 Å². The standard InChI is InChI=1S/C20H15Cl2NO3S/c21-13-5-3-4-12(8-13)19-23-14(11-27-19)9-15(24)10-17(20(25)26)16-6-1-2-7-18(16)22/h1-8,11,17H,9-10H2,(H,25,26). The van der Waals surface area contributed by atoms with Crippen molar-refractivity contribution in [2.75, 3.05) is 0 Å². The van der Waals surface area contributed by atoms with Gasteiger partial charge in [-0.25, -0.2) is 4.98 Å². The Labute approximate surface area is 170 Å². The van der Waals surface area contributed by atoms with Crippen molar-refractivity contribution in [3.8, 4) is 10.6 Å². The molecule has 4 nitrogen and oxygen atoms in total. The summed E-state index contributed by atoms with van der Waals surface area (Å²) in [5, 5.41) is 13.0. The van der Waals surface area contributed by atoms with Crippen LogP contribution in [0.25, 0.3) is 10.6 Å². The SMILES string of the molecule is O=C(Cc1csc(-c2cccc(Cl)c2)n1)CC(C(=O)O)c1ccccc1Cl. The molecule has 0 fully saturated rings. The van der Waals surface area contributed by atoms with Gasteiger partial charge < -0.3 is 5.11 Å². The maximum atomic E-state index is 12.4. The van der Waals surface area contributed by atoms with Crippen molar-refractivity contribution in [1.82, 2.24) is 4.98 Å². The van der Waals surface area contributed by atoms with E-state index in [1.54, 1.807) is 35.7 Å². The highest BCUT2D eigenvalue weighted by molar-refractivity contribution is 7.13. The third kappa shape index (κ3) is 4.95. The topological polar surface area (TPSA) is 67.3 Å². The van der Waals surface area contributed by atoms with Crippen molar-refractivity contribution in [2.24, 2.45) is 0 Å². The molecule has 2 aromatic carbocycles. The summed E-state index contributed by atoms with van der Waals surface area (Å²) in [5.74, 6) is -2.25. The van der Waals surface area contributed by atoms with Gasteiger partial charge in [-0.15, -0.1) is 11.3 Å². The number of carbonyl (C=O) groups excluding carboxylic acids is 1. The largest absolute Gasteiger partial charge is 0.481 e. The molecule has 3 aromatic rings. The van der Waals surface area contributed by atoms with Crippen LogP contribution < -0.4 is 0 Å². The van der Waals surface area contributed by atoms with E-state index in [1.807, 2.05) is 18.2 Å². The second kappa shape index (κ2) is 8.65. The zero-order valence-electron chi connectivity index (χ0n) is 14.1. The van der Waals surface area contributed by atoms with E-state index < -0.39 is 11.9 Å². The number of nitrogens with zero attached hydrogens (tertiary/aromatic N) is 1. The van der Waals surface area contributed by atoms with Crippen LogP contribution in [0.1, 0.15) is 23.6 Å². The molecule has 0 aliphatic rings. The Morgan fingerprint density at radius 3 is 2.59 bits per heavy atom. The minimum Gasteiger partial charge on any atom is -0.481 e. The summed E-state index contributed by atoms with van der Waals surface area (Å²) in [7, 11) is 0. The van der Waals surface area contributed by atoms with E-state index >= 15 is 0 Å². The van der Waals surface area contributed by atoms with Gasteiger partial charge in [-0.1, -0.05) is 53.5 Å². The molecular formula is C20H15Cl2NO3S. The van der Waals surface area contributed by atoms with Crippen LogP contribution in [0.5, 0.6) is 0 Å². The summed E-state index contributed by atoms with van der Waals surface area (Å²) >= 11 is 13.5. The highest BCUT2D eigenvalue weighted by atomic mass is 35.5. The smallest absolute Gasteiger partial charge is 0.311 e. The predicted molar refractivity (Wildman–Crippen MR) is 108 cm³/mol.